The lowest BCUT2D eigenvalue weighted by molar-refractivity contribution is -0.132. The number of urea groups is 1. The van der Waals surface area contributed by atoms with Gasteiger partial charge in [0.2, 0.25) is 5.91 Å². The van der Waals surface area contributed by atoms with Gasteiger partial charge in [-0.2, -0.15) is 0 Å². The third-order valence-electron chi connectivity index (χ3n) is 4.72. The molecule has 1 saturated heterocycles. The highest BCUT2D eigenvalue weighted by molar-refractivity contribution is 6.33. The zero-order valence-corrected chi connectivity index (χ0v) is 15.7. The number of anilines is 1. The van der Waals surface area contributed by atoms with Crippen LogP contribution in [0.25, 0.3) is 0 Å². The maximum Gasteiger partial charge on any atom is 0.312 e. The summed E-state index contributed by atoms with van der Waals surface area (Å²) in [6.45, 7) is 2.66. The van der Waals surface area contributed by atoms with E-state index in [1.807, 2.05) is 59.5 Å². The van der Waals surface area contributed by atoms with Gasteiger partial charge in [-0.25, -0.2) is 4.79 Å². The lowest BCUT2D eigenvalue weighted by atomic mass is 10.0. The molecule has 0 unspecified atom stereocenters. The summed E-state index contributed by atoms with van der Waals surface area (Å²) >= 11 is 6.27. The van der Waals surface area contributed by atoms with Crippen molar-refractivity contribution in [3.05, 3.63) is 65.2 Å². The van der Waals surface area contributed by atoms with Crippen LogP contribution in [0.4, 0.5) is 10.5 Å². The summed E-state index contributed by atoms with van der Waals surface area (Å²) in [5.41, 5.74) is 7.14. The number of hydrogen-bond donors (Lipinski definition) is 2. The monoisotopic (exact) mass is 386 g/mol. The van der Waals surface area contributed by atoms with E-state index in [0.29, 0.717) is 31.2 Å². The van der Waals surface area contributed by atoms with Crippen molar-refractivity contribution in [2.45, 2.75) is 12.5 Å². The number of piperazine rings is 1. The van der Waals surface area contributed by atoms with E-state index in [4.69, 9.17) is 17.3 Å². The number of para-hydroxylation sites is 1. The summed E-state index contributed by atoms with van der Waals surface area (Å²) in [4.78, 5) is 28.1. The van der Waals surface area contributed by atoms with Crippen molar-refractivity contribution in [2.24, 2.45) is 5.73 Å². The zero-order valence-electron chi connectivity index (χ0n) is 15.0. The number of rotatable bonds is 5. The van der Waals surface area contributed by atoms with Gasteiger partial charge >= 0.3 is 6.03 Å². The maximum absolute atomic E-state index is 12.8. The second-order valence-corrected chi connectivity index (χ2v) is 6.90. The van der Waals surface area contributed by atoms with E-state index in [9.17, 15) is 9.59 Å². The Labute approximate surface area is 163 Å². The summed E-state index contributed by atoms with van der Waals surface area (Å²) in [7, 11) is 0. The normalized spacial score (nSPS) is 15.3. The van der Waals surface area contributed by atoms with Crippen molar-refractivity contribution in [3.8, 4) is 0 Å². The molecule has 1 aliphatic heterocycles. The molecule has 1 aliphatic rings. The van der Waals surface area contributed by atoms with E-state index in [-0.39, 0.29) is 12.3 Å². The largest absolute Gasteiger partial charge is 0.367 e. The summed E-state index contributed by atoms with van der Waals surface area (Å²) in [6, 6.07) is 16.0. The Hall–Kier alpha value is -2.73. The number of carbonyl (C=O) groups is 2. The van der Waals surface area contributed by atoms with E-state index in [2.05, 4.69) is 10.2 Å². The first-order valence-electron chi connectivity index (χ1n) is 8.93. The van der Waals surface area contributed by atoms with Crippen LogP contribution in [-0.2, 0) is 4.79 Å². The molecule has 1 atom stereocenters. The molecule has 142 valence electrons. The number of primary amides is 1. The molecule has 1 heterocycles. The number of benzene rings is 2. The first-order valence-corrected chi connectivity index (χ1v) is 9.30. The predicted molar refractivity (Wildman–Crippen MR) is 107 cm³/mol. The lowest BCUT2D eigenvalue weighted by Crippen LogP contribution is -2.49. The quantitative estimate of drug-likeness (QED) is 0.829. The third kappa shape index (κ3) is 4.92. The van der Waals surface area contributed by atoms with Crippen LogP contribution in [0.15, 0.2) is 54.6 Å². The van der Waals surface area contributed by atoms with E-state index < -0.39 is 12.1 Å². The van der Waals surface area contributed by atoms with Gasteiger partial charge in [0, 0.05) is 26.2 Å². The minimum Gasteiger partial charge on any atom is -0.367 e. The first-order chi connectivity index (χ1) is 13.0. The molecule has 6 nitrogen and oxygen atoms in total. The van der Waals surface area contributed by atoms with Crippen LogP contribution < -0.4 is 16.0 Å². The van der Waals surface area contributed by atoms with E-state index in [1.165, 1.54) is 0 Å². The fourth-order valence-corrected chi connectivity index (χ4v) is 3.57. The molecule has 0 saturated carbocycles. The molecular formula is C20H23ClN4O2. The molecular weight excluding hydrogens is 364 g/mol. The number of nitrogens with zero attached hydrogens (tertiary/aromatic N) is 2. The molecule has 2 aromatic rings. The fraction of sp³-hybridized carbons (Fsp3) is 0.300. The molecule has 3 N–H and O–H groups in total. The first kappa shape index (κ1) is 19.0. The van der Waals surface area contributed by atoms with Crippen molar-refractivity contribution < 1.29 is 9.59 Å². The van der Waals surface area contributed by atoms with Gasteiger partial charge in [0.1, 0.15) is 0 Å². The highest BCUT2D eigenvalue weighted by Gasteiger charge is 2.25. The minimum absolute atomic E-state index is 0.00332. The number of hydrogen-bond acceptors (Lipinski definition) is 3. The van der Waals surface area contributed by atoms with Crippen LogP contribution in [0.3, 0.4) is 0 Å². The second-order valence-electron chi connectivity index (χ2n) is 6.50. The summed E-state index contributed by atoms with van der Waals surface area (Å²) in [6.07, 6.45) is 0.180. The number of amides is 3. The highest BCUT2D eigenvalue weighted by Crippen LogP contribution is 2.26. The number of nitrogens with one attached hydrogen (secondary N) is 1. The summed E-state index contributed by atoms with van der Waals surface area (Å²) in [5.74, 6) is -0.00332. The Morgan fingerprint density at radius 1 is 1.00 bits per heavy atom. The van der Waals surface area contributed by atoms with Gasteiger partial charge in [0.05, 0.1) is 23.2 Å². The average molecular weight is 387 g/mol. The number of carbonyl (C=O) groups excluding carboxylic acids is 2. The van der Waals surface area contributed by atoms with Crippen molar-refractivity contribution in [1.82, 2.24) is 10.2 Å². The Bertz CT molecular complexity index is 792. The van der Waals surface area contributed by atoms with Gasteiger partial charge < -0.3 is 20.9 Å². The van der Waals surface area contributed by atoms with E-state index in [0.717, 1.165) is 11.3 Å². The van der Waals surface area contributed by atoms with Gasteiger partial charge in [-0.1, -0.05) is 54.1 Å². The zero-order chi connectivity index (χ0) is 19.2. The van der Waals surface area contributed by atoms with Crippen molar-refractivity contribution in [3.63, 3.8) is 0 Å². The Morgan fingerprint density at radius 3 is 2.26 bits per heavy atom. The average Bonchev–Trinajstić information content (AvgIpc) is 2.68. The van der Waals surface area contributed by atoms with Crippen LogP contribution in [0.1, 0.15) is 18.0 Å². The molecule has 0 spiro atoms. The topological polar surface area (TPSA) is 78.7 Å². The van der Waals surface area contributed by atoms with Gasteiger partial charge in [0.25, 0.3) is 0 Å². The van der Waals surface area contributed by atoms with Gasteiger partial charge in [-0.3, -0.25) is 4.79 Å². The minimum atomic E-state index is -0.639. The molecule has 3 rings (SSSR count). The van der Waals surface area contributed by atoms with E-state index >= 15 is 0 Å². The molecule has 7 heteroatoms. The third-order valence-corrected chi connectivity index (χ3v) is 5.04. The molecule has 27 heavy (non-hydrogen) atoms. The Morgan fingerprint density at radius 2 is 1.63 bits per heavy atom. The van der Waals surface area contributed by atoms with Crippen LogP contribution in [0.5, 0.6) is 0 Å². The predicted octanol–water partition coefficient (Wildman–Crippen LogP) is 2.79. The van der Waals surface area contributed by atoms with Crippen molar-refractivity contribution >= 4 is 29.2 Å². The molecule has 0 aromatic heterocycles. The molecule has 0 radical (unpaired) electrons. The molecule has 0 aliphatic carbocycles. The summed E-state index contributed by atoms with van der Waals surface area (Å²) < 4.78 is 0. The van der Waals surface area contributed by atoms with Crippen molar-refractivity contribution in [2.75, 3.05) is 31.1 Å². The standard InChI is InChI=1S/C20H23ClN4O2/c21-16-8-4-5-9-18(16)24-10-12-25(13-11-24)19(26)14-17(23-20(22)27)15-6-2-1-3-7-15/h1-9,17H,10-14H2,(H3,22,23,27)/t17-/m0/s1. The van der Waals surface area contributed by atoms with E-state index in [1.54, 1.807) is 0 Å². The fourth-order valence-electron chi connectivity index (χ4n) is 3.32. The molecule has 1 fully saturated rings. The van der Waals surface area contributed by atoms with Crippen LogP contribution in [0.2, 0.25) is 5.02 Å². The Balaban J connectivity index is 1.61. The van der Waals surface area contributed by atoms with Crippen LogP contribution >= 0.6 is 11.6 Å². The van der Waals surface area contributed by atoms with Gasteiger partial charge in [-0.15, -0.1) is 0 Å². The summed E-state index contributed by atoms with van der Waals surface area (Å²) in [5, 5.41) is 3.39. The number of nitrogens with two attached hydrogens (primary N) is 1. The number of halogens is 1. The van der Waals surface area contributed by atoms with Gasteiger partial charge in [-0.05, 0) is 17.7 Å². The second kappa shape index (κ2) is 8.77. The SMILES string of the molecule is NC(=O)N[C@@H](CC(=O)N1CCN(c2ccccc2Cl)CC1)c1ccccc1. The van der Waals surface area contributed by atoms with Crippen molar-refractivity contribution in [1.29, 1.82) is 0 Å². The highest BCUT2D eigenvalue weighted by atomic mass is 35.5. The van der Waals surface area contributed by atoms with Gasteiger partial charge in [0.15, 0.2) is 0 Å². The molecule has 0 bridgehead atoms. The lowest BCUT2D eigenvalue weighted by Gasteiger charge is -2.37. The smallest absolute Gasteiger partial charge is 0.312 e. The Kier molecular flexibility index (Phi) is 6.19. The maximum atomic E-state index is 12.8. The van der Waals surface area contributed by atoms with Crippen LogP contribution in [-0.4, -0.2) is 43.0 Å². The molecule has 3 amide bonds. The molecule has 2 aromatic carbocycles. The van der Waals surface area contributed by atoms with Crippen LogP contribution in [0, 0.1) is 0 Å².